The van der Waals surface area contributed by atoms with Crippen LogP contribution in [0.15, 0.2) is 36.4 Å². The van der Waals surface area contributed by atoms with Crippen molar-refractivity contribution in [3.05, 3.63) is 62.6 Å². The Balaban J connectivity index is 1.11. The summed E-state index contributed by atoms with van der Waals surface area (Å²) < 4.78 is 26.3. The van der Waals surface area contributed by atoms with Crippen LogP contribution >= 0.6 is 34.8 Å². The van der Waals surface area contributed by atoms with Crippen molar-refractivity contribution in [3.63, 3.8) is 0 Å². The van der Waals surface area contributed by atoms with Gasteiger partial charge in [-0.2, -0.15) is 0 Å². The van der Waals surface area contributed by atoms with Crippen molar-refractivity contribution in [1.82, 2.24) is 14.7 Å². The van der Waals surface area contributed by atoms with Crippen molar-refractivity contribution in [1.29, 1.82) is 0 Å². The van der Waals surface area contributed by atoms with E-state index >= 15 is 0 Å². The van der Waals surface area contributed by atoms with Crippen molar-refractivity contribution in [3.8, 4) is 0 Å². The van der Waals surface area contributed by atoms with Crippen LogP contribution < -0.4 is 5.32 Å². The summed E-state index contributed by atoms with van der Waals surface area (Å²) in [6, 6.07) is 10.4. The summed E-state index contributed by atoms with van der Waals surface area (Å²) >= 11 is 18.7. The van der Waals surface area contributed by atoms with Gasteiger partial charge in [-0.25, -0.2) is 8.78 Å². The molecule has 210 valence electrons. The number of alkyl halides is 2. The third-order valence-electron chi connectivity index (χ3n) is 7.74. The molecule has 5 rings (SSSR count). The second kappa shape index (κ2) is 10.7. The summed E-state index contributed by atoms with van der Waals surface area (Å²) in [5, 5.41) is 15.0. The van der Waals surface area contributed by atoms with Crippen LogP contribution in [-0.2, 0) is 10.4 Å². The van der Waals surface area contributed by atoms with Crippen molar-refractivity contribution < 1.29 is 23.5 Å². The van der Waals surface area contributed by atoms with Crippen molar-refractivity contribution >= 4 is 52.3 Å². The molecule has 12 heteroatoms. The van der Waals surface area contributed by atoms with E-state index in [1.165, 1.54) is 6.92 Å². The highest BCUT2D eigenvalue weighted by Gasteiger charge is 2.47. The predicted molar refractivity (Wildman–Crippen MR) is 147 cm³/mol. The number of amides is 2. The Hall–Kier alpha value is -2.17. The largest absolute Gasteiger partial charge is 0.380 e. The van der Waals surface area contributed by atoms with Gasteiger partial charge in [0.05, 0.1) is 34.7 Å². The highest BCUT2D eigenvalue weighted by Crippen LogP contribution is 2.35. The van der Waals surface area contributed by atoms with E-state index in [-0.39, 0.29) is 27.6 Å². The first-order valence-corrected chi connectivity index (χ1v) is 13.9. The molecule has 0 bridgehead atoms. The van der Waals surface area contributed by atoms with Crippen LogP contribution in [0.5, 0.6) is 0 Å². The van der Waals surface area contributed by atoms with E-state index in [1.807, 2.05) is 0 Å². The molecule has 2 N–H and O–H groups in total. The molecule has 3 fully saturated rings. The zero-order chi connectivity index (χ0) is 28.1. The van der Waals surface area contributed by atoms with Gasteiger partial charge in [0.1, 0.15) is 0 Å². The molecule has 3 heterocycles. The van der Waals surface area contributed by atoms with Gasteiger partial charge in [-0.3, -0.25) is 14.5 Å². The van der Waals surface area contributed by atoms with E-state index in [1.54, 1.807) is 41.3 Å². The van der Waals surface area contributed by atoms with Crippen LogP contribution in [0.4, 0.5) is 14.5 Å². The summed E-state index contributed by atoms with van der Waals surface area (Å²) in [7, 11) is 0. The number of carbonyl (C=O) groups excluding carboxylic acids is 2. The van der Waals surface area contributed by atoms with E-state index in [9.17, 15) is 23.5 Å². The highest BCUT2D eigenvalue weighted by molar-refractivity contribution is 6.40. The summed E-state index contributed by atoms with van der Waals surface area (Å²) in [6.45, 7) is 2.92. The zero-order valence-corrected chi connectivity index (χ0v) is 23.5. The number of aliphatic hydroxyl groups is 1. The van der Waals surface area contributed by atoms with E-state index in [0.29, 0.717) is 35.4 Å². The lowest BCUT2D eigenvalue weighted by molar-refractivity contribution is -0.152. The van der Waals surface area contributed by atoms with Gasteiger partial charge in [0.2, 0.25) is 0 Å². The number of halogens is 5. The Morgan fingerprint density at radius 2 is 1.64 bits per heavy atom. The monoisotopic (exact) mass is 600 g/mol. The van der Waals surface area contributed by atoms with Crippen molar-refractivity contribution in [2.75, 3.05) is 44.6 Å². The molecule has 0 saturated carbocycles. The number of piperidine rings is 1. The van der Waals surface area contributed by atoms with Gasteiger partial charge in [-0.05, 0) is 49.6 Å². The number of hydrogen-bond acceptors (Lipinski definition) is 5. The number of rotatable bonds is 6. The van der Waals surface area contributed by atoms with Crippen LogP contribution in [0.1, 0.15) is 35.7 Å². The molecule has 3 aliphatic heterocycles. The number of likely N-dealkylation sites (tertiary alicyclic amines) is 3. The quantitative estimate of drug-likeness (QED) is 0.501. The number of anilines is 1. The van der Waals surface area contributed by atoms with E-state index in [4.69, 9.17) is 34.8 Å². The third kappa shape index (κ3) is 5.84. The van der Waals surface area contributed by atoms with E-state index in [0.717, 1.165) is 30.8 Å². The second-order valence-corrected chi connectivity index (χ2v) is 12.0. The van der Waals surface area contributed by atoms with E-state index < -0.39 is 30.5 Å². The Bertz CT molecular complexity index is 1250. The van der Waals surface area contributed by atoms with Gasteiger partial charge in [0.25, 0.3) is 17.7 Å². The van der Waals surface area contributed by atoms with E-state index in [2.05, 4.69) is 10.2 Å². The molecular formula is C27H29Cl3F2N4O3. The third-order valence-corrected chi connectivity index (χ3v) is 8.57. The maximum Gasteiger partial charge on any atom is 0.282 e. The molecule has 2 amide bonds. The van der Waals surface area contributed by atoms with Gasteiger partial charge in [0, 0.05) is 42.9 Å². The first-order chi connectivity index (χ1) is 18.3. The highest BCUT2D eigenvalue weighted by atomic mass is 35.5. The average Bonchev–Trinajstić information content (AvgIpc) is 2.83. The van der Waals surface area contributed by atoms with Crippen LogP contribution in [-0.4, -0.2) is 88.9 Å². The molecule has 0 aliphatic carbocycles. The fourth-order valence-corrected chi connectivity index (χ4v) is 6.31. The lowest BCUT2D eigenvalue weighted by Gasteiger charge is -2.48. The SMILES string of the molecule is C[C@@](O)(C(=O)N1CCC(N2CC(Nc3cc(Cl)c(C(=O)N4CC(F)(F)C4)c(Cl)c3)C2)CC1)c1cccc(Cl)c1. The summed E-state index contributed by atoms with van der Waals surface area (Å²) in [4.78, 5) is 30.7. The lowest BCUT2D eigenvalue weighted by Crippen LogP contribution is -2.61. The molecule has 0 spiro atoms. The summed E-state index contributed by atoms with van der Waals surface area (Å²) in [6.07, 6.45) is 1.60. The minimum absolute atomic E-state index is 0.0327. The molecule has 3 saturated heterocycles. The van der Waals surface area contributed by atoms with Gasteiger partial charge in [0.15, 0.2) is 5.60 Å². The fraction of sp³-hybridized carbons (Fsp3) is 0.481. The predicted octanol–water partition coefficient (Wildman–Crippen LogP) is 4.73. The minimum atomic E-state index is -2.87. The molecular weight excluding hydrogens is 573 g/mol. The first kappa shape index (κ1) is 28.4. The minimum Gasteiger partial charge on any atom is -0.380 e. The molecule has 7 nitrogen and oxygen atoms in total. The first-order valence-electron chi connectivity index (χ1n) is 12.8. The Morgan fingerprint density at radius 3 is 2.21 bits per heavy atom. The van der Waals surface area contributed by atoms with Gasteiger partial charge in [-0.1, -0.05) is 46.9 Å². The molecule has 1 atom stereocenters. The van der Waals surface area contributed by atoms with Crippen LogP contribution in [0.3, 0.4) is 0 Å². The van der Waals surface area contributed by atoms with Gasteiger partial charge >= 0.3 is 0 Å². The van der Waals surface area contributed by atoms with Crippen LogP contribution in [0.2, 0.25) is 15.1 Å². The Kier molecular flexibility index (Phi) is 7.76. The van der Waals surface area contributed by atoms with Crippen LogP contribution in [0, 0.1) is 0 Å². The molecule has 0 radical (unpaired) electrons. The molecule has 0 unspecified atom stereocenters. The fourth-order valence-electron chi connectivity index (χ4n) is 5.47. The second-order valence-electron chi connectivity index (χ2n) is 10.7. The molecule has 3 aliphatic rings. The molecule has 2 aromatic carbocycles. The number of nitrogens with one attached hydrogen (secondary N) is 1. The number of nitrogens with zero attached hydrogens (tertiary/aromatic N) is 3. The maximum atomic E-state index is 13.2. The standard InChI is InChI=1S/C27H29Cl3F2N4O3/c1-26(39,16-3-2-4-17(28)9-16)25(38)34-7-5-20(6-8-34)35-12-19(13-35)33-18-10-21(29)23(22(30)11-18)24(37)36-14-27(31,32)15-36/h2-4,9-11,19-20,33,39H,5-8,12-15H2,1H3/t26-/m0/s1. The number of hydrogen-bond donors (Lipinski definition) is 2. The number of benzene rings is 2. The normalized spacial score (nSPS) is 21.6. The summed E-state index contributed by atoms with van der Waals surface area (Å²) in [5.74, 6) is -3.80. The summed E-state index contributed by atoms with van der Waals surface area (Å²) in [5.41, 5.74) is -0.487. The lowest BCUT2D eigenvalue weighted by atomic mass is 9.92. The number of carbonyl (C=O) groups is 2. The van der Waals surface area contributed by atoms with Gasteiger partial charge < -0.3 is 20.2 Å². The van der Waals surface area contributed by atoms with Crippen molar-refractivity contribution in [2.45, 2.75) is 43.4 Å². The Labute approximate surface area is 240 Å². The maximum absolute atomic E-state index is 13.2. The molecule has 2 aromatic rings. The van der Waals surface area contributed by atoms with Gasteiger partial charge in [-0.15, -0.1) is 0 Å². The Morgan fingerprint density at radius 1 is 1.03 bits per heavy atom. The smallest absolute Gasteiger partial charge is 0.282 e. The van der Waals surface area contributed by atoms with Crippen LogP contribution in [0.25, 0.3) is 0 Å². The molecule has 39 heavy (non-hydrogen) atoms. The molecule has 0 aromatic heterocycles. The topological polar surface area (TPSA) is 76.1 Å². The average molecular weight is 602 g/mol. The zero-order valence-electron chi connectivity index (χ0n) is 21.3. The van der Waals surface area contributed by atoms with Crippen molar-refractivity contribution in [2.24, 2.45) is 0 Å².